The first-order valence-corrected chi connectivity index (χ1v) is 5.00. The highest BCUT2D eigenvalue weighted by Crippen LogP contribution is 2.05. The number of hydrogen-bond donors (Lipinski definition) is 1. The van der Waals surface area contributed by atoms with Crippen LogP contribution in [0.4, 0.5) is 0 Å². The topological polar surface area (TPSA) is 26.7 Å². The lowest BCUT2D eigenvalue weighted by molar-refractivity contribution is 0.158. The number of rotatable bonds is 7. The van der Waals surface area contributed by atoms with Gasteiger partial charge in [-0.25, -0.2) is 0 Å². The summed E-state index contributed by atoms with van der Waals surface area (Å²) in [6.07, 6.45) is 3.51. The predicted octanol–water partition coefficient (Wildman–Crippen LogP) is 0.641. The molecule has 13 heavy (non-hydrogen) atoms. The highest BCUT2D eigenvalue weighted by Gasteiger charge is 2.08. The van der Waals surface area contributed by atoms with Crippen LogP contribution in [0.3, 0.4) is 0 Å². The third kappa shape index (κ3) is 6.99. The lowest BCUT2D eigenvalue weighted by Gasteiger charge is -2.22. The molecule has 0 aliphatic carbocycles. The van der Waals surface area contributed by atoms with Crippen molar-refractivity contribution >= 4 is 0 Å². The summed E-state index contributed by atoms with van der Waals surface area (Å²) in [4.78, 5) is 4.29. The average Bonchev–Trinajstić information content (AvgIpc) is 2.03. The first-order chi connectivity index (χ1) is 6.07. The molecule has 0 radical (unpaired) electrons. The molecule has 0 heterocycles. The second-order valence-electron chi connectivity index (χ2n) is 4.10. The Morgan fingerprint density at radius 3 is 2.08 bits per heavy atom. The molecule has 0 aliphatic rings. The van der Waals surface area contributed by atoms with Crippen LogP contribution >= 0.6 is 0 Å². The van der Waals surface area contributed by atoms with Crippen LogP contribution in [0.25, 0.3) is 0 Å². The van der Waals surface area contributed by atoms with Crippen molar-refractivity contribution in [1.82, 2.24) is 9.80 Å². The fraction of sp³-hybridized carbons (Fsp3) is 1.00. The number of hydrogen-bond acceptors (Lipinski definition) is 3. The van der Waals surface area contributed by atoms with Crippen molar-refractivity contribution in [2.45, 2.75) is 25.3 Å². The van der Waals surface area contributed by atoms with Gasteiger partial charge in [0.05, 0.1) is 6.61 Å². The van der Waals surface area contributed by atoms with E-state index >= 15 is 0 Å². The molecule has 0 bridgehead atoms. The van der Waals surface area contributed by atoms with Gasteiger partial charge in [-0.2, -0.15) is 0 Å². The third-order valence-corrected chi connectivity index (χ3v) is 2.33. The summed E-state index contributed by atoms with van der Waals surface area (Å²) in [5.74, 6) is 0. The van der Waals surface area contributed by atoms with Crippen molar-refractivity contribution in [3.05, 3.63) is 0 Å². The molecular formula is C10H24N2O. The maximum absolute atomic E-state index is 9.05. The maximum Gasteiger partial charge on any atom is 0.0586 e. The second kappa shape index (κ2) is 7.30. The zero-order valence-corrected chi connectivity index (χ0v) is 9.45. The second-order valence-corrected chi connectivity index (χ2v) is 4.10. The van der Waals surface area contributed by atoms with Crippen LogP contribution in [0.5, 0.6) is 0 Å². The summed E-state index contributed by atoms with van der Waals surface area (Å²) in [6, 6.07) is 0.335. The average molecular weight is 188 g/mol. The summed E-state index contributed by atoms with van der Waals surface area (Å²) >= 11 is 0. The summed E-state index contributed by atoms with van der Waals surface area (Å²) in [5.41, 5.74) is 0. The molecule has 1 N–H and O–H groups in total. The Morgan fingerprint density at radius 1 is 1.08 bits per heavy atom. The minimum atomic E-state index is 0.273. The predicted molar refractivity (Wildman–Crippen MR) is 57.0 cm³/mol. The SMILES string of the molecule is CN(C)CCCC[C@@H](CO)N(C)C. The number of aliphatic hydroxyl groups excluding tert-OH is 1. The zero-order chi connectivity index (χ0) is 10.3. The molecular weight excluding hydrogens is 164 g/mol. The van der Waals surface area contributed by atoms with E-state index in [9.17, 15) is 0 Å². The molecule has 3 nitrogen and oxygen atoms in total. The van der Waals surface area contributed by atoms with Gasteiger partial charge in [-0.3, -0.25) is 0 Å². The highest BCUT2D eigenvalue weighted by atomic mass is 16.3. The highest BCUT2D eigenvalue weighted by molar-refractivity contribution is 4.64. The Labute approximate surface area is 82.3 Å². The Bertz CT molecular complexity index is 115. The van der Waals surface area contributed by atoms with E-state index in [0.29, 0.717) is 6.04 Å². The minimum Gasteiger partial charge on any atom is -0.395 e. The zero-order valence-electron chi connectivity index (χ0n) is 9.45. The Kier molecular flexibility index (Phi) is 7.23. The van der Waals surface area contributed by atoms with Gasteiger partial charge in [0.2, 0.25) is 0 Å². The number of aliphatic hydroxyl groups is 1. The summed E-state index contributed by atoms with van der Waals surface area (Å²) in [6.45, 7) is 1.42. The first-order valence-electron chi connectivity index (χ1n) is 5.00. The van der Waals surface area contributed by atoms with Crippen molar-refractivity contribution < 1.29 is 5.11 Å². The van der Waals surface area contributed by atoms with Crippen LogP contribution in [-0.2, 0) is 0 Å². The molecule has 0 aliphatic heterocycles. The molecule has 80 valence electrons. The summed E-state index contributed by atoms with van der Waals surface area (Å²) < 4.78 is 0. The monoisotopic (exact) mass is 188 g/mol. The van der Waals surface area contributed by atoms with E-state index in [4.69, 9.17) is 5.11 Å². The quantitative estimate of drug-likeness (QED) is 0.594. The number of nitrogens with zero attached hydrogens (tertiary/aromatic N) is 2. The van der Waals surface area contributed by atoms with E-state index in [1.807, 2.05) is 14.1 Å². The van der Waals surface area contributed by atoms with Crippen molar-refractivity contribution in [2.24, 2.45) is 0 Å². The molecule has 1 atom stereocenters. The van der Waals surface area contributed by atoms with Gasteiger partial charge in [0.25, 0.3) is 0 Å². The summed E-state index contributed by atoms with van der Waals surface area (Å²) in [5, 5.41) is 9.05. The normalized spacial score (nSPS) is 14.1. The molecule has 0 saturated carbocycles. The van der Waals surface area contributed by atoms with Crippen LogP contribution in [0.1, 0.15) is 19.3 Å². The van der Waals surface area contributed by atoms with Gasteiger partial charge in [-0.15, -0.1) is 0 Å². The smallest absolute Gasteiger partial charge is 0.0586 e. The third-order valence-electron chi connectivity index (χ3n) is 2.33. The maximum atomic E-state index is 9.05. The van der Waals surface area contributed by atoms with Crippen LogP contribution in [0.15, 0.2) is 0 Å². The molecule has 0 aromatic rings. The van der Waals surface area contributed by atoms with Crippen molar-refractivity contribution in [3.8, 4) is 0 Å². The van der Waals surface area contributed by atoms with Crippen molar-refractivity contribution in [3.63, 3.8) is 0 Å². The van der Waals surface area contributed by atoms with Crippen LogP contribution in [0.2, 0.25) is 0 Å². The Morgan fingerprint density at radius 2 is 1.69 bits per heavy atom. The van der Waals surface area contributed by atoms with E-state index in [2.05, 4.69) is 23.9 Å². The van der Waals surface area contributed by atoms with Gasteiger partial charge in [0.1, 0.15) is 0 Å². The van der Waals surface area contributed by atoms with Crippen molar-refractivity contribution in [1.29, 1.82) is 0 Å². The molecule has 0 aromatic heterocycles. The molecule has 3 heteroatoms. The summed E-state index contributed by atoms with van der Waals surface area (Å²) in [7, 11) is 8.23. The largest absolute Gasteiger partial charge is 0.395 e. The molecule has 0 spiro atoms. The van der Waals surface area contributed by atoms with E-state index < -0.39 is 0 Å². The lowest BCUT2D eigenvalue weighted by Crippen LogP contribution is -2.31. The minimum absolute atomic E-state index is 0.273. The van der Waals surface area contributed by atoms with Crippen LogP contribution in [-0.4, -0.2) is 62.3 Å². The fourth-order valence-electron chi connectivity index (χ4n) is 1.32. The van der Waals surface area contributed by atoms with Gasteiger partial charge in [-0.05, 0) is 47.6 Å². The van der Waals surface area contributed by atoms with Gasteiger partial charge < -0.3 is 14.9 Å². The molecule has 0 unspecified atom stereocenters. The Hall–Kier alpha value is -0.120. The standard InChI is InChI=1S/C10H24N2O/c1-11(2)8-6-5-7-10(9-13)12(3)4/h10,13H,5-9H2,1-4H3/t10-/m0/s1. The van der Waals surface area contributed by atoms with Gasteiger partial charge in [-0.1, -0.05) is 6.42 Å². The fourth-order valence-corrected chi connectivity index (χ4v) is 1.32. The number of unbranched alkanes of at least 4 members (excludes halogenated alkanes) is 1. The van der Waals surface area contributed by atoms with Crippen molar-refractivity contribution in [2.75, 3.05) is 41.3 Å². The van der Waals surface area contributed by atoms with Gasteiger partial charge in [0, 0.05) is 6.04 Å². The van der Waals surface area contributed by atoms with E-state index in [0.717, 1.165) is 13.0 Å². The van der Waals surface area contributed by atoms with Gasteiger partial charge >= 0.3 is 0 Å². The molecule has 0 aromatic carbocycles. The lowest BCUT2D eigenvalue weighted by atomic mass is 10.1. The van der Waals surface area contributed by atoms with E-state index in [-0.39, 0.29) is 6.61 Å². The molecule has 0 saturated heterocycles. The van der Waals surface area contributed by atoms with Gasteiger partial charge in [0.15, 0.2) is 0 Å². The van der Waals surface area contributed by atoms with Crippen LogP contribution in [0, 0.1) is 0 Å². The van der Waals surface area contributed by atoms with E-state index in [1.54, 1.807) is 0 Å². The molecule has 0 rings (SSSR count). The Balaban J connectivity index is 3.39. The number of likely N-dealkylation sites (N-methyl/N-ethyl adjacent to an activating group) is 1. The van der Waals surface area contributed by atoms with Crippen LogP contribution < -0.4 is 0 Å². The first kappa shape index (κ1) is 12.9. The molecule has 0 fully saturated rings. The molecule has 0 amide bonds. The van der Waals surface area contributed by atoms with E-state index in [1.165, 1.54) is 12.8 Å².